The SMILES string of the molecule is CCc1ccc(CN(C)c2ccc(C#N)c(N)c2)cc1. The quantitative estimate of drug-likeness (QED) is 0.863. The van der Waals surface area contributed by atoms with E-state index in [0.717, 1.165) is 18.7 Å². The smallest absolute Gasteiger partial charge is 0.101 e. The van der Waals surface area contributed by atoms with Crippen LogP contribution in [0, 0.1) is 11.3 Å². The molecule has 0 unspecified atom stereocenters. The Bertz CT molecular complexity index is 624. The van der Waals surface area contributed by atoms with Gasteiger partial charge < -0.3 is 10.6 Å². The number of nitrogens with two attached hydrogens (primary N) is 1. The van der Waals surface area contributed by atoms with E-state index in [-0.39, 0.29) is 0 Å². The van der Waals surface area contributed by atoms with E-state index in [1.165, 1.54) is 11.1 Å². The number of aryl methyl sites for hydroxylation is 1. The summed E-state index contributed by atoms with van der Waals surface area (Å²) in [7, 11) is 2.02. The van der Waals surface area contributed by atoms with Crippen LogP contribution in [0.1, 0.15) is 23.6 Å². The first-order valence-electron chi connectivity index (χ1n) is 6.72. The van der Waals surface area contributed by atoms with Crippen LogP contribution < -0.4 is 10.6 Å². The van der Waals surface area contributed by atoms with Gasteiger partial charge in [-0.25, -0.2) is 0 Å². The maximum Gasteiger partial charge on any atom is 0.101 e. The first-order chi connectivity index (χ1) is 9.63. The third kappa shape index (κ3) is 3.10. The predicted molar refractivity (Wildman–Crippen MR) is 83.5 cm³/mol. The van der Waals surface area contributed by atoms with Crippen molar-refractivity contribution in [2.24, 2.45) is 0 Å². The second-order valence-electron chi connectivity index (χ2n) is 4.91. The lowest BCUT2D eigenvalue weighted by Crippen LogP contribution is -2.16. The summed E-state index contributed by atoms with van der Waals surface area (Å²) >= 11 is 0. The van der Waals surface area contributed by atoms with Crippen LogP contribution in [0.4, 0.5) is 11.4 Å². The summed E-state index contributed by atoms with van der Waals surface area (Å²) in [6, 6.07) is 16.3. The van der Waals surface area contributed by atoms with Gasteiger partial charge in [0.15, 0.2) is 0 Å². The van der Waals surface area contributed by atoms with Crippen molar-refractivity contribution in [3.8, 4) is 6.07 Å². The zero-order valence-corrected chi connectivity index (χ0v) is 11.9. The Morgan fingerprint density at radius 2 is 1.75 bits per heavy atom. The van der Waals surface area contributed by atoms with Crippen LogP contribution in [0.25, 0.3) is 0 Å². The van der Waals surface area contributed by atoms with Crippen molar-refractivity contribution in [2.75, 3.05) is 17.7 Å². The van der Waals surface area contributed by atoms with Crippen LogP contribution in [-0.4, -0.2) is 7.05 Å². The number of hydrogen-bond acceptors (Lipinski definition) is 3. The summed E-state index contributed by atoms with van der Waals surface area (Å²) in [5, 5.41) is 8.89. The van der Waals surface area contributed by atoms with Gasteiger partial charge in [0.1, 0.15) is 6.07 Å². The molecule has 3 heteroatoms. The number of nitrogen functional groups attached to an aromatic ring is 1. The summed E-state index contributed by atoms with van der Waals surface area (Å²) in [6.45, 7) is 2.97. The highest BCUT2D eigenvalue weighted by molar-refractivity contribution is 5.63. The van der Waals surface area contributed by atoms with E-state index in [4.69, 9.17) is 11.0 Å². The van der Waals surface area contributed by atoms with Gasteiger partial charge in [-0.2, -0.15) is 5.26 Å². The van der Waals surface area contributed by atoms with Crippen LogP contribution in [-0.2, 0) is 13.0 Å². The van der Waals surface area contributed by atoms with E-state index in [0.29, 0.717) is 11.3 Å². The molecule has 0 aliphatic rings. The molecule has 2 aromatic rings. The van der Waals surface area contributed by atoms with Crippen molar-refractivity contribution in [2.45, 2.75) is 19.9 Å². The average Bonchev–Trinajstić information content (AvgIpc) is 2.48. The van der Waals surface area contributed by atoms with Gasteiger partial charge in [0.2, 0.25) is 0 Å². The highest BCUT2D eigenvalue weighted by atomic mass is 15.1. The van der Waals surface area contributed by atoms with Crippen LogP contribution in [0.5, 0.6) is 0 Å². The van der Waals surface area contributed by atoms with E-state index in [2.05, 4.69) is 42.2 Å². The normalized spacial score (nSPS) is 10.1. The fourth-order valence-electron chi connectivity index (χ4n) is 2.13. The first kappa shape index (κ1) is 14.0. The molecule has 3 nitrogen and oxygen atoms in total. The van der Waals surface area contributed by atoms with Gasteiger partial charge in [-0.15, -0.1) is 0 Å². The van der Waals surface area contributed by atoms with E-state index in [1.807, 2.05) is 19.2 Å². The summed E-state index contributed by atoms with van der Waals surface area (Å²) in [4.78, 5) is 2.12. The van der Waals surface area contributed by atoms with Crippen molar-refractivity contribution in [1.29, 1.82) is 5.26 Å². The molecule has 0 heterocycles. The minimum absolute atomic E-state index is 0.523. The number of anilines is 2. The topological polar surface area (TPSA) is 53.0 Å². The third-order valence-corrected chi connectivity index (χ3v) is 3.45. The summed E-state index contributed by atoms with van der Waals surface area (Å²) in [5.74, 6) is 0. The maximum absolute atomic E-state index is 8.89. The fourth-order valence-corrected chi connectivity index (χ4v) is 2.13. The zero-order valence-electron chi connectivity index (χ0n) is 11.9. The lowest BCUT2D eigenvalue weighted by Gasteiger charge is -2.20. The Morgan fingerprint density at radius 3 is 2.30 bits per heavy atom. The minimum Gasteiger partial charge on any atom is -0.398 e. The standard InChI is InChI=1S/C17H19N3/c1-3-13-4-6-14(7-5-13)12-20(2)16-9-8-15(11-18)17(19)10-16/h4-10H,3,12,19H2,1-2H3. The van der Waals surface area contributed by atoms with Crippen LogP contribution in [0.3, 0.4) is 0 Å². The molecule has 0 saturated heterocycles. The molecule has 0 aliphatic carbocycles. The number of rotatable bonds is 4. The molecular weight excluding hydrogens is 246 g/mol. The van der Waals surface area contributed by atoms with Crippen molar-refractivity contribution in [3.63, 3.8) is 0 Å². The van der Waals surface area contributed by atoms with E-state index in [1.54, 1.807) is 6.07 Å². The molecule has 102 valence electrons. The average molecular weight is 265 g/mol. The van der Waals surface area contributed by atoms with Crippen molar-refractivity contribution >= 4 is 11.4 Å². The van der Waals surface area contributed by atoms with Gasteiger partial charge in [-0.05, 0) is 35.7 Å². The molecule has 2 aromatic carbocycles. The Hall–Kier alpha value is -2.47. The number of hydrogen-bond donors (Lipinski definition) is 1. The number of nitriles is 1. The van der Waals surface area contributed by atoms with E-state index >= 15 is 0 Å². The molecule has 2 N–H and O–H groups in total. The monoisotopic (exact) mass is 265 g/mol. The number of nitrogens with zero attached hydrogens (tertiary/aromatic N) is 2. The Labute approximate surface area is 120 Å². The molecule has 0 bridgehead atoms. The second-order valence-corrected chi connectivity index (χ2v) is 4.91. The lowest BCUT2D eigenvalue weighted by atomic mass is 10.1. The molecule has 0 amide bonds. The maximum atomic E-state index is 8.89. The van der Waals surface area contributed by atoms with Gasteiger partial charge in [0.05, 0.1) is 11.3 Å². The summed E-state index contributed by atoms with van der Waals surface area (Å²) < 4.78 is 0. The fraction of sp³-hybridized carbons (Fsp3) is 0.235. The largest absolute Gasteiger partial charge is 0.398 e. The van der Waals surface area contributed by atoms with Gasteiger partial charge in [0, 0.05) is 19.3 Å². The van der Waals surface area contributed by atoms with Crippen LogP contribution >= 0.6 is 0 Å². The third-order valence-electron chi connectivity index (χ3n) is 3.45. The molecule has 20 heavy (non-hydrogen) atoms. The highest BCUT2D eigenvalue weighted by Gasteiger charge is 2.05. The summed E-state index contributed by atoms with van der Waals surface area (Å²) in [6.07, 6.45) is 1.06. The molecule has 0 spiro atoms. The van der Waals surface area contributed by atoms with E-state index in [9.17, 15) is 0 Å². The first-order valence-corrected chi connectivity index (χ1v) is 6.72. The second kappa shape index (κ2) is 6.12. The van der Waals surface area contributed by atoms with Gasteiger partial charge in [0.25, 0.3) is 0 Å². The Morgan fingerprint density at radius 1 is 1.10 bits per heavy atom. The number of benzene rings is 2. The minimum atomic E-state index is 0.523. The molecule has 0 radical (unpaired) electrons. The molecule has 0 saturated carbocycles. The molecular formula is C17H19N3. The Kier molecular flexibility index (Phi) is 4.27. The van der Waals surface area contributed by atoms with Gasteiger partial charge >= 0.3 is 0 Å². The zero-order chi connectivity index (χ0) is 14.5. The highest BCUT2D eigenvalue weighted by Crippen LogP contribution is 2.21. The van der Waals surface area contributed by atoms with Crippen molar-refractivity contribution in [3.05, 3.63) is 59.2 Å². The molecule has 0 aromatic heterocycles. The van der Waals surface area contributed by atoms with Crippen molar-refractivity contribution in [1.82, 2.24) is 0 Å². The van der Waals surface area contributed by atoms with Gasteiger partial charge in [-0.3, -0.25) is 0 Å². The summed E-state index contributed by atoms with van der Waals surface area (Å²) in [5.41, 5.74) is 10.5. The lowest BCUT2D eigenvalue weighted by molar-refractivity contribution is 0.921. The van der Waals surface area contributed by atoms with Crippen LogP contribution in [0.15, 0.2) is 42.5 Å². The Balaban J connectivity index is 2.13. The molecule has 0 atom stereocenters. The molecule has 0 fully saturated rings. The van der Waals surface area contributed by atoms with E-state index < -0.39 is 0 Å². The van der Waals surface area contributed by atoms with Gasteiger partial charge in [-0.1, -0.05) is 31.2 Å². The van der Waals surface area contributed by atoms with Crippen molar-refractivity contribution < 1.29 is 0 Å². The van der Waals surface area contributed by atoms with Crippen LogP contribution in [0.2, 0.25) is 0 Å². The molecule has 2 rings (SSSR count). The molecule has 0 aliphatic heterocycles. The predicted octanol–water partition coefficient (Wildman–Crippen LogP) is 3.34.